The number of carbonyl (C=O) groups is 2. The van der Waals surface area contributed by atoms with Crippen LogP contribution in [-0.2, 0) is 30.9 Å². The van der Waals surface area contributed by atoms with E-state index in [1.165, 1.54) is 38.7 Å². The van der Waals surface area contributed by atoms with E-state index in [-0.39, 0.29) is 30.3 Å². The van der Waals surface area contributed by atoms with Crippen LogP contribution in [0.25, 0.3) is 0 Å². The second-order valence-electron chi connectivity index (χ2n) is 6.78. The molecule has 0 unspecified atom stereocenters. The van der Waals surface area contributed by atoms with Gasteiger partial charge in [-0.3, -0.25) is 9.59 Å². The summed E-state index contributed by atoms with van der Waals surface area (Å²) in [6, 6.07) is 7.58. The summed E-state index contributed by atoms with van der Waals surface area (Å²) in [5.74, 6) is -0.620. The molecule has 0 radical (unpaired) electrons. The van der Waals surface area contributed by atoms with Gasteiger partial charge in [0.2, 0.25) is 10.0 Å². The summed E-state index contributed by atoms with van der Waals surface area (Å²) in [5, 5.41) is 4.84. The first-order valence-electron chi connectivity index (χ1n) is 9.80. The summed E-state index contributed by atoms with van der Waals surface area (Å²) >= 11 is 0. The lowest BCUT2D eigenvalue weighted by Crippen LogP contribution is -2.53. The normalized spacial score (nSPS) is 16.9. The Hall–Kier alpha value is -3.09. The average Bonchev–Trinajstić information content (AvgIpc) is 3.34. The van der Waals surface area contributed by atoms with Gasteiger partial charge in [-0.05, 0) is 30.7 Å². The Balaban J connectivity index is 1.66. The fourth-order valence-corrected chi connectivity index (χ4v) is 4.72. The van der Waals surface area contributed by atoms with Gasteiger partial charge in [-0.2, -0.15) is 4.31 Å². The number of nitrogens with one attached hydrogen (secondary N) is 2. The average molecular weight is 468 g/mol. The third-order valence-electron chi connectivity index (χ3n) is 4.76. The topological polar surface area (TPSA) is 136 Å². The molecule has 2 amide bonds. The van der Waals surface area contributed by atoms with Crippen LogP contribution in [0.5, 0.6) is 11.5 Å². The molecule has 2 N–H and O–H groups in total. The largest absolute Gasteiger partial charge is 0.493 e. The lowest BCUT2D eigenvalue weighted by Gasteiger charge is -2.34. The number of carbonyl (C=O) groups excluding carboxylic acids is 2. The van der Waals surface area contributed by atoms with E-state index in [9.17, 15) is 18.0 Å². The monoisotopic (exact) mass is 467 g/mol. The van der Waals surface area contributed by atoms with Gasteiger partial charge in [0.1, 0.15) is 12.0 Å². The summed E-state index contributed by atoms with van der Waals surface area (Å²) in [6.45, 7) is 0.379. The molecule has 32 heavy (non-hydrogen) atoms. The van der Waals surface area contributed by atoms with Crippen molar-refractivity contribution in [3.8, 4) is 11.5 Å². The van der Waals surface area contributed by atoms with Crippen LogP contribution in [-0.4, -0.2) is 64.7 Å². The molecule has 1 atom stereocenters. The summed E-state index contributed by atoms with van der Waals surface area (Å²) in [4.78, 5) is 24.1. The molecule has 1 aliphatic rings. The van der Waals surface area contributed by atoms with Crippen LogP contribution >= 0.6 is 0 Å². The molecule has 0 saturated carbocycles. The first-order valence-corrected chi connectivity index (χ1v) is 11.2. The van der Waals surface area contributed by atoms with Gasteiger partial charge in [-0.1, -0.05) is 0 Å². The predicted molar refractivity (Wildman–Crippen MR) is 111 cm³/mol. The summed E-state index contributed by atoms with van der Waals surface area (Å²) in [5.41, 5.74) is 0. The molecule has 1 saturated heterocycles. The maximum absolute atomic E-state index is 13.2. The molecule has 2 aromatic rings. The van der Waals surface area contributed by atoms with E-state index in [1.54, 1.807) is 12.1 Å². The molecule has 0 aliphatic carbocycles. The Kier molecular flexibility index (Phi) is 7.72. The van der Waals surface area contributed by atoms with Gasteiger partial charge >= 0.3 is 11.8 Å². The SMILES string of the molecule is COc1ccc(S(=O)(=O)N2CCCO[C@@H]2CNC(=O)C(=O)NCc2ccco2)cc1OC. The fourth-order valence-electron chi connectivity index (χ4n) is 3.14. The van der Waals surface area contributed by atoms with Crippen molar-refractivity contribution in [3.05, 3.63) is 42.4 Å². The summed E-state index contributed by atoms with van der Waals surface area (Å²) in [6.07, 6.45) is 0.972. The minimum absolute atomic E-state index is 0.00633. The highest BCUT2D eigenvalue weighted by Gasteiger charge is 2.35. The van der Waals surface area contributed by atoms with Gasteiger partial charge in [-0.25, -0.2) is 8.42 Å². The second-order valence-corrected chi connectivity index (χ2v) is 8.67. The zero-order valence-corrected chi connectivity index (χ0v) is 18.5. The molecule has 11 nitrogen and oxygen atoms in total. The Morgan fingerprint density at radius 2 is 1.88 bits per heavy atom. The maximum atomic E-state index is 13.2. The second kappa shape index (κ2) is 10.5. The predicted octanol–water partition coefficient (Wildman–Crippen LogP) is 0.467. The zero-order valence-electron chi connectivity index (χ0n) is 17.7. The van der Waals surface area contributed by atoms with E-state index in [2.05, 4.69) is 10.6 Å². The number of ether oxygens (including phenoxy) is 3. The fraction of sp³-hybridized carbons (Fsp3) is 0.400. The van der Waals surface area contributed by atoms with Crippen LogP contribution in [0.15, 0.2) is 45.9 Å². The Labute approximate surface area is 185 Å². The highest BCUT2D eigenvalue weighted by Crippen LogP contribution is 2.31. The van der Waals surface area contributed by atoms with E-state index in [4.69, 9.17) is 18.6 Å². The number of hydrogen-bond acceptors (Lipinski definition) is 8. The summed E-state index contributed by atoms with van der Waals surface area (Å²) in [7, 11) is -1.11. The van der Waals surface area contributed by atoms with Crippen LogP contribution in [0.1, 0.15) is 12.2 Å². The number of nitrogens with zero attached hydrogens (tertiary/aromatic N) is 1. The lowest BCUT2D eigenvalue weighted by atomic mass is 10.3. The van der Waals surface area contributed by atoms with Crippen molar-refractivity contribution in [3.63, 3.8) is 0 Å². The zero-order chi connectivity index (χ0) is 23.1. The molecule has 1 aromatic heterocycles. The van der Waals surface area contributed by atoms with Crippen molar-refractivity contribution in [2.75, 3.05) is 33.9 Å². The number of benzene rings is 1. The van der Waals surface area contributed by atoms with Gasteiger partial charge < -0.3 is 29.3 Å². The van der Waals surface area contributed by atoms with Crippen LogP contribution in [0.4, 0.5) is 0 Å². The number of methoxy groups -OCH3 is 2. The molecule has 3 rings (SSSR count). The number of rotatable bonds is 8. The molecule has 1 fully saturated rings. The number of amides is 2. The first-order chi connectivity index (χ1) is 15.4. The third kappa shape index (κ3) is 5.39. The summed E-state index contributed by atoms with van der Waals surface area (Å²) < 4.78 is 48.6. The van der Waals surface area contributed by atoms with E-state index < -0.39 is 28.1 Å². The standard InChI is InChI=1S/C20H25N3O8S/c1-28-16-7-6-15(11-17(16)29-2)32(26,27)23-8-4-10-31-18(23)13-22-20(25)19(24)21-12-14-5-3-9-30-14/h3,5-7,9,11,18H,4,8,10,12-13H2,1-2H3,(H,21,24)(H,22,25)/t18-/m1/s1. The van der Waals surface area contributed by atoms with E-state index in [0.717, 1.165) is 4.31 Å². The number of sulfonamides is 1. The van der Waals surface area contributed by atoms with Crippen LogP contribution in [0.2, 0.25) is 0 Å². The minimum Gasteiger partial charge on any atom is -0.493 e. The number of hydrogen-bond donors (Lipinski definition) is 2. The maximum Gasteiger partial charge on any atom is 0.309 e. The lowest BCUT2D eigenvalue weighted by molar-refractivity contribution is -0.140. The van der Waals surface area contributed by atoms with Crippen molar-refractivity contribution >= 4 is 21.8 Å². The molecular weight excluding hydrogens is 442 g/mol. The van der Waals surface area contributed by atoms with E-state index in [0.29, 0.717) is 24.5 Å². The van der Waals surface area contributed by atoms with Gasteiger partial charge in [0.15, 0.2) is 11.5 Å². The van der Waals surface area contributed by atoms with Gasteiger partial charge in [0, 0.05) is 12.6 Å². The highest BCUT2D eigenvalue weighted by atomic mass is 32.2. The van der Waals surface area contributed by atoms with Crippen molar-refractivity contribution in [1.82, 2.24) is 14.9 Å². The van der Waals surface area contributed by atoms with Gasteiger partial charge in [0.05, 0.1) is 45.1 Å². The van der Waals surface area contributed by atoms with Crippen molar-refractivity contribution < 1.29 is 36.6 Å². The van der Waals surface area contributed by atoms with Crippen LogP contribution in [0.3, 0.4) is 0 Å². The molecule has 174 valence electrons. The van der Waals surface area contributed by atoms with E-state index in [1.807, 2.05) is 0 Å². The molecule has 2 heterocycles. The number of furan rings is 1. The highest BCUT2D eigenvalue weighted by molar-refractivity contribution is 7.89. The van der Waals surface area contributed by atoms with Crippen molar-refractivity contribution in [2.45, 2.75) is 24.1 Å². The first kappa shape index (κ1) is 23.6. The van der Waals surface area contributed by atoms with Gasteiger partial charge in [-0.15, -0.1) is 0 Å². The molecule has 12 heteroatoms. The van der Waals surface area contributed by atoms with Crippen molar-refractivity contribution in [1.29, 1.82) is 0 Å². The minimum atomic E-state index is -3.97. The Morgan fingerprint density at radius 1 is 1.12 bits per heavy atom. The quantitative estimate of drug-likeness (QED) is 0.535. The van der Waals surface area contributed by atoms with E-state index >= 15 is 0 Å². The Bertz CT molecular complexity index is 1040. The third-order valence-corrected chi connectivity index (χ3v) is 6.65. The molecule has 0 bridgehead atoms. The van der Waals surface area contributed by atoms with Crippen molar-refractivity contribution in [2.24, 2.45) is 0 Å². The smallest absolute Gasteiger partial charge is 0.309 e. The Morgan fingerprint density at radius 3 is 2.56 bits per heavy atom. The molecule has 1 aliphatic heterocycles. The van der Waals surface area contributed by atoms with Crippen LogP contribution < -0.4 is 20.1 Å². The van der Waals surface area contributed by atoms with Crippen LogP contribution in [0, 0.1) is 0 Å². The van der Waals surface area contributed by atoms with Gasteiger partial charge in [0.25, 0.3) is 0 Å². The molecule has 0 spiro atoms. The molecule has 1 aromatic carbocycles. The molecular formula is C20H25N3O8S.